The molecule has 1 saturated carbocycles. The number of hydrogen-bond acceptors (Lipinski definition) is 4. The Morgan fingerprint density at radius 2 is 1.95 bits per heavy atom. The second kappa shape index (κ2) is 5.19. The first-order valence-corrected chi connectivity index (χ1v) is 6.35. The van der Waals surface area contributed by atoms with Gasteiger partial charge in [-0.25, -0.2) is 10.2 Å². The van der Waals surface area contributed by atoms with Crippen LogP contribution in [0.15, 0.2) is 5.10 Å². The lowest BCUT2D eigenvalue weighted by atomic mass is 9.63. The molecule has 0 heterocycles. The molecule has 0 aliphatic heterocycles. The van der Waals surface area contributed by atoms with E-state index in [1.54, 1.807) is 0 Å². The summed E-state index contributed by atoms with van der Waals surface area (Å²) in [6, 6.07) is -0.691. The Morgan fingerprint density at radius 3 is 2.42 bits per heavy atom. The summed E-state index contributed by atoms with van der Waals surface area (Å²) < 4.78 is 4.87. The maximum atomic E-state index is 11.9. The van der Waals surface area contributed by atoms with E-state index in [2.05, 4.69) is 17.5 Å². The first kappa shape index (κ1) is 15.5. The first-order chi connectivity index (χ1) is 8.66. The second-order valence-corrected chi connectivity index (χ2v) is 5.84. The van der Waals surface area contributed by atoms with Crippen LogP contribution in [0.1, 0.15) is 40.5 Å². The van der Waals surface area contributed by atoms with Crippen molar-refractivity contribution in [2.45, 2.75) is 40.5 Å². The van der Waals surface area contributed by atoms with E-state index < -0.39 is 6.03 Å². The van der Waals surface area contributed by atoms with Crippen molar-refractivity contribution in [3.63, 3.8) is 0 Å². The number of esters is 1. The van der Waals surface area contributed by atoms with E-state index in [0.29, 0.717) is 0 Å². The molecule has 108 valence electrons. The normalized spacial score (nSPS) is 29.9. The highest BCUT2D eigenvalue weighted by atomic mass is 16.5. The van der Waals surface area contributed by atoms with Crippen LogP contribution in [0.3, 0.4) is 0 Å². The topological polar surface area (TPSA) is 93.8 Å². The van der Waals surface area contributed by atoms with E-state index >= 15 is 0 Å². The highest BCUT2D eigenvalue weighted by Crippen LogP contribution is 2.56. The molecule has 0 aromatic carbocycles. The van der Waals surface area contributed by atoms with Gasteiger partial charge >= 0.3 is 12.0 Å². The zero-order valence-corrected chi connectivity index (χ0v) is 12.2. The molecule has 19 heavy (non-hydrogen) atoms. The van der Waals surface area contributed by atoms with Gasteiger partial charge in [-0.15, -0.1) is 0 Å². The van der Waals surface area contributed by atoms with Gasteiger partial charge in [-0.2, -0.15) is 5.10 Å². The summed E-state index contributed by atoms with van der Waals surface area (Å²) in [5, 5.41) is 4.03. The van der Waals surface area contributed by atoms with E-state index in [1.165, 1.54) is 7.11 Å². The Hall–Kier alpha value is -1.59. The summed E-state index contributed by atoms with van der Waals surface area (Å²) in [6.07, 6.45) is 1.56. The van der Waals surface area contributed by atoms with E-state index in [0.717, 1.165) is 18.6 Å². The van der Waals surface area contributed by atoms with Gasteiger partial charge in [0.1, 0.15) is 0 Å². The van der Waals surface area contributed by atoms with Crippen molar-refractivity contribution in [2.24, 2.45) is 27.6 Å². The van der Waals surface area contributed by atoms with Gasteiger partial charge in [0.2, 0.25) is 0 Å². The molecule has 0 aromatic rings. The van der Waals surface area contributed by atoms with Crippen LogP contribution in [0.5, 0.6) is 0 Å². The smallest absolute Gasteiger partial charge is 0.332 e. The van der Waals surface area contributed by atoms with Crippen LogP contribution in [0.25, 0.3) is 0 Å². The molecule has 1 aliphatic carbocycles. The molecular formula is C13H23N3O3. The number of ether oxygens (including phenoxy) is 1. The highest BCUT2D eigenvalue weighted by molar-refractivity contribution is 5.91. The van der Waals surface area contributed by atoms with Crippen LogP contribution in [-0.2, 0) is 9.53 Å². The largest absolute Gasteiger partial charge is 0.469 e. The Morgan fingerprint density at radius 1 is 1.37 bits per heavy atom. The summed E-state index contributed by atoms with van der Waals surface area (Å²) in [7, 11) is 1.41. The molecule has 6 heteroatoms. The lowest BCUT2D eigenvalue weighted by molar-refractivity contribution is -0.149. The number of carbonyl (C=O) groups is 2. The van der Waals surface area contributed by atoms with Crippen molar-refractivity contribution in [1.29, 1.82) is 0 Å². The second-order valence-electron chi connectivity index (χ2n) is 5.84. The zero-order chi connectivity index (χ0) is 14.8. The standard InChI is InChI=1S/C13H23N3O3/c1-8(15-16-11(14)18)13(4)7-6-9(10(17)19-5)12(13,2)3/h9H,6-7H2,1-5H3,(H3,14,16,18)/b15-8-/t9-,13-/m0/s1. The number of urea groups is 1. The number of carbonyl (C=O) groups excluding carboxylic acids is 2. The molecule has 2 amide bonds. The van der Waals surface area contributed by atoms with Crippen molar-refractivity contribution in [3.05, 3.63) is 0 Å². The average molecular weight is 269 g/mol. The maximum absolute atomic E-state index is 11.9. The molecule has 3 N–H and O–H groups in total. The summed E-state index contributed by atoms with van der Waals surface area (Å²) in [6.45, 7) is 7.96. The predicted molar refractivity (Wildman–Crippen MR) is 72.5 cm³/mol. The van der Waals surface area contributed by atoms with Crippen molar-refractivity contribution in [3.8, 4) is 0 Å². The van der Waals surface area contributed by atoms with Crippen molar-refractivity contribution in [2.75, 3.05) is 7.11 Å². The number of nitrogens with one attached hydrogen (secondary N) is 1. The number of primary amides is 1. The van der Waals surface area contributed by atoms with Crippen LogP contribution < -0.4 is 11.2 Å². The SMILES string of the molecule is COC(=O)[C@@H]1CC[C@@](C)(/C(C)=N\NC(N)=O)C1(C)C. The molecule has 0 radical (unpaired) electrons. The van der Waals surface area contributed by atoms with Gasteiger partial charge in [0.05, 0.1) is 13.0 Å². The molecule has 1 fully saturated rings. The monoisotopic (exact) mass is 269 g/mol. The van der Waals surface area contributed by atoms with Gasteiger partial charge in [0.15, 0.2) is 0 Å². The van der Waals surface area contributed by atoms with Crippen LogP contribution in [0.2, 0.25) is 0 Å². The highest BCUT2D eigenvalue weighted by Gasteiger charge is 2.56. The van der Waals surface area contributed by atoms with Crippen LogP contribution >= 0.6 is 0 Å². The molecule has 0 saturated heterocycles. The zero-order valence-electron chi connectivity index (χ0n) is 12.2. The number of hydrazone groups is 1. The fourth-order valence-electron chi connectivity index (χ4n) is 2.96. The average Bonchev–Trinajstić information content (AvgIpc) is 2.57. The lowest BCUT2D eigenvalue weighted by Crippen LogP contribution is -2.43. The lowest BCUT2D eigenvalue weighted by Gasteiger charge is -2.40. The number of rotatable bonds is 3. The number of nitrogens with zero attached hydrogens (tertiary/aromatic N) is 1. The third kappa shape index (κ3) is 2.57. The number of methoxy groups -OCH3 is 1. The summed E-state index contributed by atoms with van der Waals surface area (Å²) >= 11 is 0. The first-order valence-electron chi connectivity index (χ1n) is 6.35. The Bertz CT molecular complexity index is 417. The van der Waals surface area contributed by atoms with Gasteiger partial charge in [-0.3, -0.25) is 4.79 Å². The third-order valence-electron chi connectivity index (χ3n) is 4.84. The molecule has 0 spiro atoms. The maximum Gasteiger partial charge on any atom is 0.332 e. The summed E-state index contributed by atoms with van der Waals surface area (Å²) in [5.74, 6) is -0.356. The van der Waals surface area contributed by atoms with Gasteiger partial charge in [-0.1, -0.05) is 20.8 Å². The van der Waals surface area contributed by atoms with Crippen molar-refractivity contribution >= 4 is 17.7 Å². The van der Waals surface area contributed by atoms with Crippen LogP contribution in [0, 0.1) is 16.7 Å². The molecule has 0 bridgehead atoms. The fraction of sp³-hybridized carbons (Fsp3) is 0.769. The minimum absolute atomic E-state index is 0.166. The molecule has 1 rings (SSSR count). The molecule has 0 unspecified atom stereocenters. The molecule has 6 nitrogen and oxygen atoms in total. The van der Waals surface area contributed by atoms with Gasteiger partial charge in [0.25, 0.3) is 0 Å². The molecule has 1 aliphatic rings. The summed E-state index contributed by atoms with van der Waals surface area (Å²) in [5.41, 5.74) is 7.45. The number of hydrogen-bond donors (Lipinski definition) is 2. The fourth-order valence-corrected chi connectivity index (χ4v) is 2.96. The quantitative estimate of drug-likeness (QED) is 0.463. The predicted octanol–water partition coefficient (Wildman–Crippen LogP) is 1.65. The minimum Gasteiger partial charge on any atom is -0.469 e. The van der Waals surface area contributed by atoms with E-state index in [9.17, 15) is 9.59 Å². The Kier molecular flexibility index (Phi) is 4.22. The van der Waals surface area contributed by atoms with Gasteiger partial charge < -0.3 is 10.5 Å². The summed E-state index contributed by atoms with van der Waals surface area (Å²) in [4.78, 5) is 22.6. The van der Waals surface area contributed by atoms with E-state index in [-0.39, 0.29) is 22.7 Å². The third-order valence-corrected chi connectivity index (χ3v) is 4.84. The van der Waals surface area contributed by atoms with Crippen LogP contribution in [-0.4, -0.2) is 24.8 Å². The van der Waals surface area contributed by atoms with Gasteiger partial charge in [-0.05, 0) is 25.2 Å². The Labute approximate surface area is 113 Å². The van der Waals surface area contributed by atoms with Crippen LogP contribution in [0.4, 0.5) is 4.79 Å². The van der Waals surface area contributed by atoms with Crippen molar-refractivity contribution in [1.82, 2.24) is 5.43 Å². The minimum atomic E-state index is -0.691. The van der Waals surface area contributed by atoms with E-state index in [1.807, 2.05) is 20.8 Å². The number of nitrogens with two attached hydrogens (primary N) is 1. The van der Waals surface area contributed by atoms with E-state index in [4.69, 9.17) is 10.5 Å². The molecule has 2 atom stereocenters. The molecular weight excluding hydrogens is 246 g/mol. The Balaban J connectivity index is 3.03. The van der Waals surface area contributed by atoms with Crippen molar-refractivity contribution < 1.29 is 14.3 Å². The van der Waals surface area contributed by atoms with Gasteiger partial charge in [0, 0.05) is 11.1 Å². The number of amides is 2. The molecule has 0 aromatic heterocycles.